The summed E-state index contributed by atoms with van der Waals surface area (Å²) < 4.78 is 0. The van der Waals surface area contributed by atoms with Crippen LogP contribution >= 0.6 is 11.8 Å². The molecule has 1 aliphatic rings. The lowest BCUT2D eigenvalue weighted by Crippen LogP contribution is -2.52. The number of rotatable bonds is 0. The molecule has 1 aliphatic heterocycles. The molecule has 1 fully saturated rings. The van der Waals surface area contributed by atoms with Crippen molar-refractivity contribution in [2.45, 2.75) is 5.91 Å². The first-order valence-electron chi connectivity index (χ1n) is 2.87. The van der Waals surface area contributed by atoms with Crippen LogP contribution in [0.3, 0.4) is 0 Å². The number of hydrogen-bond acceptors (Lipinski definition) is 4. The van der Waals surface area contributed by atoms with Gasteiger partial charge in [0.15, 0.2) is 0 Å². The number of nitrogens with zero attached hydrogens (tertiary/aromatic N) is 1. The summed E-state index contributed by atoms with van der Waals surface area (Å²) in [4.78, 5) is 1.55. The zero-order valence-electron chi connectivity index (χ0n) is 5.37. The Morgan fingerprint density at radius 2 is 2.22 bits per heavy atom. The Balaban J connectivity index is 2.49. The molecule has 0 aromatic carbocycles. The van der Waals surface area contributed by atoms with Gasteiger partial charge in [-0.05, 0) is 7.05 Å². The highest BCUT2D eigenvalue weighted by molar-refractivity contribution is 7.99. The summed E-state index contributed by atoms with van der Waals surface area (Å²) in [6.07, 6.45) is 0. The van der Waals surface area contributed by atoms with Crippen LogP contribution in [0.2, 0.25) is 0 Å². The second kappa shape index (κ2) is 2.46. The molecule has 1 saturated heterocycles. The Morgan fingerprint density at radius 3 is 2.56 bits per heavy atom. The van der Waals surface area contributed by atoms with Crippen LogP contribution in [-0.2, 0) is 0 Å². The largest absolute Gasteiger partial charge is 0.353 e. The molecule has 0 saturated carbocycles. The lowest BCUT2D eigenvalue weighted by molar-refractivity contribution is -0.238. The molecule has 0 atom stereocenters. The molecule has 3 nitrogen and oxygen atoms in total. The van der Waals surface area contributed by atoms with Gasteiger partial charge in [0.05, 0.1) is 5.75 Å². The van der Waals surface area contributed by atoms with E-state index in [4.69, 9.17) is 10.2 Å². The Hall–Kier alpha value is 0.230. The van der Waals surface area contributed by atoms with Crippen molar-refractivity contribution in [2.75, 3.05) is 25.1 Å². The topological polar surface area (TPSA) is 43.7 Å². The summed E-state index contributed by atoms with van der Waals surface area (Å²) in [7, 11) is 1.71. The first-order valence-corrected chi connectivity index (χ1v) is 4.02. The number of thioether (sulfide) groups is 1. The van der Waals surface area contributed by atoms with Crippen molar-refractivity contribution in [3.63, 3.8) is 0 Å². The molecule has 9 heavy (non-hydrogen) atoms. The van der Waals surface area contributed by atoms with E-state index in [1.807, 2.05) is 0 Å². The third-order valence-electron chi connectivity index (χ3n) is 1.48. The van der Waals surface area contributed by atoms with Crippen molar-refractivity contribution in [2.24, 2.45) is 0 Å². The van der Waals surface area contributed by atoms with E-state index in [2.05, 4.69) is 0 Å². The number of hydrogen-bond donors (Lipinski definition) is 2. The Morgan fingerprint density at radius 1 is 1.56 bits per heavy atom. The molecular formula is C5H11NO2S. The van der Waals surface area contributed by atoms with Gasteiger partial charge in [-0.3, -0.25) is 4.90 Å². The highest BCUT2D eigenvalue weighted by Gasteiger charge is 2.31. The lowest BCUT2D eigenvalue weighted by Gasteiger charge is -2.35. The second-order valence-electron chi connectivity index (χ2n) is 2.25. The number of aliphatic hydroxyl groups is 2. The summed E-state index contributed by atoms with van der Waals surface area (Å²) in [5.41, 5.74) is 0. The van der Waals surface area contributed by atoms with Crippen molar-refractivity contribution >= 4 is 11.8 Å². The van der Waals surface area contributed by atoms with Gasteiger partial charge in [0.25, 0.3) is 0 Å². The van der Waals surface area contributed by atoms with Crippen LogP contribution < -0.4 is 0 Å². The molecule has 0 amide bonds. The van der Waals surface area contributed by atoms with Crippen LogP contribution in [0.1, 0.15) is 0 Å². The van der Waals surface area contributed by atoms with Gasteiger partial charge in [-0.25, -0.2) is 0 Å². The van der Waals surface area contributed by atoms with E-state index >= 15 is 0 Å². The smallest absolute Gasteiger partial charge is 0.234 e. The fourth-order valence-corrected chi connectivity index (χ4v) is 1.74. The molecule has 0 aromatic heterocycles. The van der Waals surface area contributed by atoms with Crippen molar-refractivity contribution in [1.82, 2.24) is 4.90 Å². The predicted molar refractivity (Wildman–Crippen MR) is 37.1 cm³/mol. The highest BCUT2D eigenvalue weighted by Crippen LogP contribution is 2.19. The Bertz CT molecular complexity index is 107. The van der Waals surface area contributed by atoms with E-state index in [-0.39, 0.29) is 0 Å². The maximum absolute atomic E-state index is 9.10. The van der Waals surface area contributed by atoms with Crippen LogP contribution in [-0.4, -0.2) is 46.1 Å². The molecule has 0 aromatic rings. The summed E-state index contributed by atoms with van der Waals surface area (Å²) in [6, 6.07) is 0. The molecule has 4 heteroatoms. The van der Waals surface area contributed by atoms with Crippen molar-refractivity contribution in [3.8, 4) is 0 Å². The van der Waals surface area contributed by atoms with E-state index in [9.17, 15) is 0 Å². The average molecular weight is 149 g/mol. The van der Waals surface area contributed by atoms with Gasteiger partial charge >= 0.3 is 0 Å². The molecule has 0 bridgehead atoms. The first kappa shape index (κ1) is 7.34. The summed E-state index contributed by atoms with van der Waals surface area (Å²) >= 11 is 1.56. The maximum Gasteiger partial charge on any atom is 0.234 e. The fourth-order valence-electron chi connectivity index (χ4n) is 0.700. The molecule has 0 radical (unpaired) electrons. The quantitative estimate of drug-likeness (QED) is 0.447. The molecule has 0 aliphatic carbocycles. The summed E-state index contributed by atoms with van der Waals surface area (Å²) in [5.74, 6) is -0.189. The normalized spacial score (nSPS) is 28.3. The monoisotopic (exact) mass is 149 g/mol. The second-order valence-corrected chi connectivity index (χ2v) is 3.35. The highest BCUT2D eigenvalue weighted by atomic mass is 32.2. The summed E-state index contributed by atoms with van der Waals surface area (Å²) in [5, 5.41) is 18.2. The van der Waals surface area contributed by atoms with Gasteiger partial charge in [0, 0.05) is 12.3 Å². The van der Waals surface area contributed by atoms with Crippen LogP contribution in [0, 0.1) is 0 Å². The van der Waals surface area contributed by atoms with Gasteiger partial charge in [0.1, 0.15) is 0 Å². The van der Waals surface area contributed by atoms with Crippen molar-refractivity contribution in [3.05, 3.63) is 0 Å². The Labute approximate surface area is 58.7 Å². The van der Waals surface area contributed by atoms with E-state index in [0.29, 0.717) is 5.75 Å². The first-order chi connectivity index (χ1) is 4.13. The van der Waals surface area contributed by atoms with E-state index in [1.54, 1.807) is 23.7 Å². The SMILES string of the molecule is CN1CCSCC1(O)O. The minimum absolute atomic E-state index is 0.392. The zero-order chi connectivity index (χ0) is 6.91. The Kier molecular flexibility index (Phi) is 2.00. The van der Waals surface area contributed by atoms with Gasteiger partial charge in [0.2, 0.25) is 5.91 Å². The zero-order valence-corrected chi connectivity index (χ0v) is 6.19. The third-order valence-corrected chi connectivity index (χ3v) is 2.54. The van der Waals surface area contributed by atoms with Gasteiger partial charge in [-0.15, -0.1) is 0 Å². The molecule has 0 unspecified atom stereocenters. The molecule has 1 heterocycles. The van der Waals surface area contributed by atoms with Gasteiger partial charge in [-0.2, -0.15) is 11.8 Å². The van der Waals surface area contributed by atoms with E-state index in [0.717, 1.165) is 12.3 Å². The average Bonchev–Trinajstić information content (AvgIpc) is 1.77. The van der Waals surface area contributed by atoms with Crippen molar-refractivity contribution < 1.29 is 10.2 Å². The molecule has 0 spiro atoms. The van der Waals surface area contributed by atoms with E-state index < -0.39 is 5.91 Å². The van der Waals surface area contributed by atoms with Crippen LogP contribution in [0.4, 0.5) is 0 Å². The molecule has 1 rings (SSSR count). The lowest BCUT2D eigenvalue weighted by atomic mass is 10.4. The fraction of sp³-hybridized carbons (Fsp3) is 1.00. The van der Waals surface area contributed by atoms with Crippen LogP contribution in [0.5, 0.6) is 0 Å². The van der Waals surface area contributed by atoms with Gasteiger partial charge in [-0.1, -0.05) is 0 Å². The minimum atomic E-state index is -1.57. The maximum atomic E-state index is 9.10. The van der Waals surface area contributed by atoms with E-state index in [1.165, 1.54) is 0 Å². The molecule has 2 N–H and O–H groups in total. The van der Waals surface area contributed by atoms with Gasteiger partial charge < -0.3 is 10.2 Å². The predicted octanol–water partition coefficient (Wildman–Crippen LogP) is -0.697. The molecule has 54 valence electrons. The standard InChI is InChI=1S/C5H11NO2S/c1-6-2-3-9-4-5(6,7)8/h7-8H,2-4H2,1H3. The molecular weight excluding hydrogens is 138 g/mol. The van der Waals surface area contributed by atoms with Crippen LogP contribution in [0.15, 0.2) is 0 Å². The van der Waals surface area contributed by atoms with Crippen LogP contribution in [0.25, 0.3) is 0 Å². The summed E-state index contributed by atoms with van der Waals surface area (Å²) in [6.45, 7) is 0.748. The van der Waals surface area contributed by atoms with Crippen molar-refractivity contribution in [1.29, 1.82) is 0 Å². The minimum Gasteiger partial charge on any atom is -0.353 e. The third kappa shape index (κ3) is 1.58.